The van der Waals surface area contributed by atoms with Gasteiger partial charge in [-0.1, -0.05) is 31.2 Å². The highest BCUT2D eigenvalue weighted by molar-refractivity contribution is 5.88. The molecular weight excluding hydrogens is 380 g/mol. The molecule has 0 aliphatic heterocycles. The molecule has 2 atom stereocenters. The molecule has 30 heavy (non-hydrogen) atoms. The summed E-state index contributed by atoms with van der Waals surface area (Å²) in [5.74, 6) is 0.885. The van der Waals surface area contributed by atoms with E-state index in [2.05, 4.69) is 5.32 Å². The van der Waals surface area contributed by atoms with E-state index in [0.29, 0.717) is 11.5 Å². The molecular formula is C24H32N2O4. The number of methoxy groups -OCH3 is 1. The standard InChI is InChI=1S/C24H32N2O4/c1-6-18(3)25-24(28)19(4)26(15-20-10-8-11-21(14-20)29-5)23(27)16-30-22-12-7-9-17(2)13-22/h7-14,18-19H,6,15-16H2,1-5H3,(H,25,28)/t18-,19-/m0/s1. The van der Waals surface area contributed by atoms with Crippen LogP contribution in [0, 0.1) is 6.92 Å². The number of carbonyl (C=O) groups excluding carboxylic acids is 2. The summed E-state index contributed by atoms with van der Waals surface area (Å²) in [5, 5.41) is 2.96. The Hall–Kier alpha value is -3.02. The highest BCUT2D eigenvalue weighted by atomic mass is 16.5. The molecule has 0 aliphatic carbocycles. The fourth-order valence-electron chi connectivity index (χ4n) is 2.95. The second kappa shape index (κ2) is 11.2. The average molecular weight is 413 g/mol. The first-order valence-electron chi connectivity index (χ1n) is 10.3. The van der Waals surface area contributed by atoms with Crippen LogP contribution in [0.15, 0.2) is 48.5 Å². The van der Waals surface area contributed by atoms with Crippen LogP contribution in [0.4, 0.5) is 0 Å². The number of nitrogens with one attached hydrogen (secondary N) is 1. The third-order valence-electron chi connectivity index (χ3n) is 5.01. The van der Waals surface area contributed by atoms with Crippen LogP contribution < -0.4 is 14.8 Å². The van der Waals surface area contributed by atoms with Gasteiger partial charge in [-0.2, -0.15) is 0 Å². The van der Waals surface area contributed by atoms with Crippen molar-refractivity contribution in [3.8, 4) is 11.5 Å². The van der Waals surface area contributed by atoms with Gasteiger partial charge < -0.3 is 19.7 Å². The topological polar surface area (TPSA) is 67.9 Å². The van der Waals surface area contributed by atoms with Crippen LogP contribution in [0.5, 0.6) is 11.5 Å². The van der Waals surface area contributed by atoms with Crippen molar-refractivity contribution in [1.82, 2.24) is 10.2 Å². The summed E-state index contributed by atoms with van der Waals surface area (Å²) in [6, 6.07) is 14.4. The first-order valence-corrected chi connectivity index (χ1v) is 10.3. The maximum Gasteiger partial charge on any atom is 0.261 e. The summed E-state index contributed by atoms with van der Waals surface area (Å²) in [6.45, 7) is 7.79. The fraction of sp³-hybridized carbons (Fsp3) is 0.417. The van der Waals surface area contributed by atoms with Gasteiger partial charge in [-0.05, 0) is 62.6 Å². The monoisotopic (exact) mass is 412 g/mol. The van der Waals surface area contributed by atoms with Crippen molar-refractivity contribution in [2.45, 2.75) is 52.7 Å². The molecule has 6 heteroatoms. The minimum absolute atomic E-state index is 0.0391. The van der Waals surface area contributed by atoms with Gasteiger partial charge in [0.2, 0.25) is 5.91 Å². The Bertz CT molecular complexity index is 853. The highest BCUT2D eigenvalue weighted by Gasteiger charge is 2.27. The predicted octanol–water partition coefficient (Wildman–Crippen LogP) is 3.71. The number of aryl methyl sites for hydroxylation is 1. The molecule has 0 unspecified atom stereocenters. The molecule has 0 aromatic heterocycles. The van der Waals surface area contributed by atoms with Gasteiger partial charge in [0.15, 0.2) is 6.61 Å². The van der Waals surface area contributed by atoms with Crippen molar-refractivity contribution in [3.05, 3.63) is 59.7 Å². The van der Waals surface area contributed by atoms with E-state index in [1.165, 1.54) is 0 Å². The molecule has 2 rings (SSSR count). The molecule has 2 amide bonds. The predicted molar refractivity (Wildman–Crippen MR) is 118 cm³/mol. The Kier molecular flexibility index (Phi) is 8.71. The number of amides is 2. The van der Waals surface area contributed by atoms with Crippen LogP contribution in [-0.2, 0) is 16.1 Å². The number of benzene rings is 2. The molecule has 2 aromatic rings. The van der Waals surface area contributed by atoms with E-state index >= 15 is 0 Å². The van der Waals surface area contributed by atoms with Crippen LogP contribution in [0.2, 0.25) is 0 Å². The average Bonchev–Trinajstić information content (AvgIpc) is 2.75. The summed E-state index contributed by atoms with van der Waals surface area (Å²) in [5.41, 5.74) is 1.93. The van der Waals surface area contributed by atoms with E-state index < -0.39 is 6.04 Å². The van der Waals surface area contributed by atoms with E-state index in [4.69, 9.17) is 9.47 Å². The Morgan fingerprint density at radius 3 is 2.43 bits per heavy atom. The largest absolute Gasteiger partial charge is 0.497 e. The number of carbonyl (C=O) groups is 2. The summed E-state index contributed by atoms with van der Waals surface area (Å²) >= 11 is 0. The fourth-order valence-corrected chi connectivity index (χ4v) is 2.95. The molecule has 0 heterocycles. The molecule has 1 N–H and O–H groups in total. The number of hydrogen-bond acceptors (Lipinski definition) is 4. The Balaban J connectivity index is 2.17. The summed E-state index contributed by atoms with van der Waals surface area (Å²) in [6.07, 6.45) is 0.818. The molecule has 6 nitrogen and oxygen atoms in total. The molecule has 162 valence electrons. The first kappa shape index (κ1) is 23.3. The zero-order valence-electron chi connectivity index (χ0n) is 18.5. The van der Waals surface area contributed by atoms with Crippen LogP contribution >= 0.6 is 0 Å². The maximum atomic E-state index is 13.1. The van der Waals surface area contributed by atoms with E-state index in [1.807, 2.05) is 69.3 Å². The highest BCUT2D eigenvalue weighted by Crippen LogP contribution is 2.17. The molecule has 2 aromatic carbocycles. The molecule has 0 saturated heterocycles. The van der Waals surface area contributed by atoms with E-state index in [9.17, 15) is 9.59 Å². The Morgan fingerprint density at radius 1 is 1.07 bits per heavy atom. The van der Waals surface area contributed by atoms with Crippen molar-refractivity contribution in [2.75, 3.05) is 13.7 Å². The third-order valence-corrected chi connectivity index (χ3v) is 5.01. The van der Waals surface area contributed by atoms with Gasteiger partial charge in [0.25, 0.3) is 5.91 Å². The number of nitrogens with zero attached hydrogens (tertiary/aromatic N) is 1. The normalized spacial score (nSPS) is 12.6. The van der Waals surface area contributed by atoms with Gasteiger partial charge in [0.1, 0.15) is 17.5 Å². The lowest BCUT2D eigenvalue weighted by molar-refractivity contribution is -0.142. The van der Waals surface area contributed by atoms with Crippen LogP contribution in [0.25, 0.3) is 0 Å². The van der Waals surface area contributed by atoms with Crippen LogP contribution in [0.3, 0.4) is 0 Å². The molecule has 0 fully saturated rings. The molecule has 0 saturated carbocycles. The van der Waals surface area contributed by atoms with E-state index in [1.54, 1.807) is 18.9 Å². The lowest BCUT2D eigenvalue weighted by atomic mass is 10.1. The second-order valence-electron chi connectivity index (χ2n) is 7.47. The molecule has 0 bridgehead atoms. The van der Waals surface area contributed by atoms with Crippen molar-refractivity contribution in [2.24, 2.45) is 0 Å². The number of rotatable bonds is 10. The van der Waals surface area contributed by atoms with E-state index in [-0.39, 0.29) is 31.0 Å². The third kappa shape index (κ3) is 6.79. The zero-order chi connectivity index (χ0) is 22.1. The summed E-state index contributed by atoms with van der Waals surface area (Å²) in [4.78, 5) is 27.3. The number of ether oxygens (including phenoxy) is 2. The Morgan fingerprint density at radius 2 is 1.77 bits per heavy atom. The number of hydrogen-bond donors (Lipinski definition) is 1. The summed E-state index contributed by atoms with van der Waals surface area (Å²) in [7, 11) is 1.60. The van der Waals surface area contributed by atoms with Gasteiger partial charge in [0, 0.05) is 12.6 Å². The Labute approximate surface area is 179 Å². The minimum atomic E-state index is -0.640. The molecule has 0 aliphatic rings. The van der Waals surface area contributed by atoms with Gasteiger partial charge in [-0.15, -0.1) is 0 Å². The maximum absolute atomic E-state index is 13.1. The molecule has 0 spiro atoms. The van der Waals surface area contributed by atoms with Gasteiger partial charge in [0.05, 0.1) is 7.11 Å². The van der Waals surface area contributed by atoms with Crippen molar-refractivity contribution in [3.63, 3.8) is 0 Å². The van der Waals surface area contributed by atoms with Crippen molar-refractivity contribution < 1.29 is 19.1 Å². The lowest BCUT2D eigenvalue weighted by Gasteiger charge is -2.29. The quantitative estimate of drug-likeness (QED) is 0.646. The van der Waals surface area contributed by atoms with Gasteiger partial charge in [-0.3, -0.25) is 9.59 Å². The first-order chi connectivity index (χ1) is 14.3. The zero-order valence-corrected chi connectivity index (χ0v) is 18.5. The summed E-state index contributed by atoms with van der Waals surface area (Å²) < 4.78 is 11.0. The van der Waals surface area contributed by atoms with E-state index in [0.717, 1.165) is 17.5 Å². The second-order valence-corrected chi connectivity index (χ2v) is 7.47. The smallest absolute Gasteiger partial charge is 0.261 e. The van der Waals surface area contributed by atoms with Gasteiger partial charge in [-0.25, -0.2) is 0 Å². The molecule has 0 radical (unpaired) electrons. The lowest BCUT2D eigenvalue weighted by Crippen LogP contribution is -2.50. The van der Waals surface area contributed by atoms with Crippen LogP contribution in [-0.4, -0.2) is 42.5 Å². The van der Waals surface area contributed by atoms with Crippen molar-refractivity contribution >= 4 is 11.8 Å². The van der Waals surface area contributed by atoms with Crippen LogP contribution in [0.1, 0.15) is 38.3 Å². The van der Waals surface area contributed by atoms with Crippen molar-refractivity contribution in [1.29, 1.82) is 0 Å². The van der Waals surface area contributed by atoms with Gasteiger partial charge >= 0.3 is 0 Å². The minimum Gasteiger partial charge on any atom is -0.497 e. The SMILES string of the molecule is CC[C@H](C)NC(=O)[C@H](C)N(Cc1cccc(OC)c1)C(=O)COc1cccc(C)c1.